The van der Waals surface area contributed by atoms with Gasteiger partial charge in [-0.1, -0.05) is 13.8 Å². The lowest BCUT2D eigenvalue weighted by Gasteiger charge is -2.24. The van der Waals surface area contributed by atoms with E-state index in [4.69, 9.17) is 15.9 Å². The monoisotopic (exact) mass is 347 g/mol. The minimum Gasteiger partial charge on any atom is -0.481 e. The molecular formula is C14H25N3O7. The standard InChI is InChI=1S/C14H25N3O7/c1-6(2)4-8(16-13(22)11(15)7(3)18)12(21)17-9(14(23)24)5-10(19)20/h6-9,11,18H,4-5,15H2,1-3H3,(H,16,22)(H,17,21)(H,19,20)(H,23,24)/t7-,8+,9+,11+/m1/s1. The number of aliphatic carboxylic acids is 2. The third-order valence-corrected chi connectivity index (χ3v) is 3.16. The van der Waals surface area contributed by atoms with E-state index in [0.717, 1.165) is 0 Å². The number of nitrogens with one attached hydrogen (secondary N) is 2. The second-order valence-corrected chi connectivity index (χ2v) is 5.95. The molecule has 24 heavy (non-hydrogen) atoms. The zero-order chi connectivity index (χ0) is 19.0. The molecule has 0 rings (SSSR count). The van der Waals surface area contributed by atoms with Crippen molar-refractivity contribution in [1.82, 2.24) is 10.6 Å². The van der Waals surface area contributed by atoms with Crippen molar-refractivity contribution in [3.05, 3.63) is 0 Å². The Hall–Kier alpha value is -2.20. The van der Waals surface area contributed by atoms with Crippen LogP contribution in [-0.2, 0) is 19.2 Å². The Labute approximate surface area is 139 Å². The van der Waals surface area contributed by atoms with Gasteiger partial charge in [-0.15, -0.1) is 0 Å². The minimum atomic E-state index is -1.62. The minimum absolute atomic E-state index is 0.0217. The molecule has 0 aliphatic heterocycles. The number of aliphatic hydroxyl groups excluding tert-OH is 1. The van der Waals surface area contributed by atoms with Crippen LogP contribution in [0, 0.1) is 5.92 Å². The highest BCUT2D eigenvalue weighted by atomic mass is 16.4. The molecule has 0 aromatic carbocycles. The fourth-order valence-electron chi connectivity index (χ4n) is 1.84. The van der Waals surface area contributed by atoms with Crippen molar-refractivity contribution in [2.45, 2.75) is 57.8 Å². The Morgan fingerprint density at radius 2 is 1.46 bits per heavy atom. The van der Waals surface area contributed by atoms with Gasteiger partial charge in [0.1, 0.15) is 18.1 Å². The summed E-state index contributed by atoms with van der Waals surface area (Å²) in [4.78, 5) is 45.8. The molecule has 4 atom stereocenters. The van der Waals surface area contributed by atoms with Crippen LogP contribution in [-0.4, -0.2) is 63.3 Å². The van der Waals surface area contributed by atoms with E-state index in [1.165, 1.54) is 6.92 Å². The number of nitrogens with two attached hydrogens (primary N) is 1. The zero-order valence-corrected chi connectivity index (χ0v) is 13.9. The van der Waals surface area contributed by atoms with Gasteiger partial charge in [0.2, 0.25) is 11.8 Å². The molecule has 0 heterocycles. The molecule has 2 amide bonds. The van der Waals surface area contributed by atoms with Crippen molar-refractivity contribution in [3.8, 4) is 0 Å². The second kappa shape index (κ2) is 9.83. The molecule has 10 nitrogen and oxygen atoms in total. The van der Waals surface area contributed by atoms with Crippen molar-refractivity contribution in [2.24, 2.45) is 11.7 Å². The maximum Gasteiger partial charge on any atom is 0.326 e. The molecule has 0 unspecified atom stereocenters. The Morgan fingerprint density at radius 3 is 1.83 bits per heavy atom. The highest BCUT2D eigenvalue weighted by Crippen LogP contribution is 2.07. The smallest absolute Gasteiger partial charge is 0.326 e. The van der Waals surface area contributed by atoms with E-state index in [1.807, 2.05) is 0 Å². The van der Waals surface area contributed by atoms with Gasteiger partial charge in [-0.25, -0.2) is 4.79 Å². The summed E-state index contributed by atoms with van der Waals surface area (Å²) in [6.07, 6.45) is -1.74. The van der Waals surface area contributed by atoms with Crippen molar-refractivity contribution in [1.29, 1.82) is 0 Å². The molecule has 0 fully saturated rings. The average molecular weight is 347 g/mol. The molecule has 138 valence electrons. The Balaban J connectivity index is 5.08. The molecule has 10 heteroatoms. The van der Waals surface area contributed by atoms with E-state index >= 15 is 0 Å². The summed E-state index contributed by atoms with van der Waals surface area (Å²) in [6.45, 7) is 4.88. The largest absolute Gasteiger partial charge is 0.481 e. The summed E-state index contributed by atoms with van der Waals surface area (Å²) >= 11 is 0. The van der Waals surface area contributed by atoms with Gasteiger partial charge in [0.05, 0.1) is 12.5 Å². The van der Waals surface area contributed by atoms with E-state index in [2.05, 4.69) is 10.6 Å². The van der Waals surface area contributed by atoms with Crippen LogP contribution in [0.15, 0.2) is 0 Å². The Kier molecular flexibility index (Phi) is 8.93. The fourth-order valence-corrected chi connectivity index (χ4v) is 1.84. The lowest BCUT2D eigenvalue weighted by atomic mass is 10.0. The van der Waals surface area contributed by atoms with Crippen LogP contribution in [0.2, 0.25) is 0 Å². The van der Waals surface area contributed by atoms with Crippen molar-refractivity contribution >= 4 is 23.8 Å². The summed E-state index contributed by atoms with van der Waals surface area (Å²) in [5, 5.41) is 31.4. The summed E-state index contributed by atoms with van der Waals surface area (Å²) in [5.74, 6) is -4.50. The third kappa shape index (κ3) is 7.88. The molecule has 0 aliphatic rings. The number of hydrogen-bond donors (Lipinski definition) is 6. The SMILES string of the molecule is CC(C)C[C@H](NC(=O)[C@@H](N)[C@@H](C)O)C(=O)N[C@@H](CC(=O)O)C(=O)O. The number of carboxylic acids is 2. The molecule has 0 saturated heterocycles. The van der Waals surface area contributed by atoms with Crippen molar-refractivity contribution in [3.63, 3.8) is 0 Å². The van der Waals surface area contributed by atoms with Gasteiger partial charge in [0.15, 0.2) is 0 Å². The zero-order valence-electron chi connectivity index (χ0n) is 13.9. The number of amides is 2. The van der Waals surface area contributed by atoms with Gasteiger partial charge in [0.25, 0.3) is 0 Å². The fraction of sp³-hybridized carbons (Fsp3) is 0.714. The number of hydrogen-bond acceptors (Lipinski definition) is 6. The van der Waals surface area contributed by atoms with Gasteiger partial charge in [-0.3, -0.25) is 14.4 Å². The summed E-state index contributed by atoms with van der Waals surface area (Å²) in [6, 6.07) is -3.97. The van der Waals surface area contributed by atoms with Crippen molar-refractivity contribution in [2.75, 3.05) is 0 Å². The van der Waals surface area contributed by atoms with Crippen LogP contribution in [0.5, 0.6) is 0 Å². The van der Waals surface area contributed by atoms with Crippen LogP contribution in [0.25, 0.3) is 0 Å². The number of carbonyl (C=O) groups excluding carboxylic acids is 2. The number of rotatable bonds is 10. The average Bonchev–Trinajstić information content (AvgIpc) is 2.43. The summed E-state index contributed by atoms with van der Waals surface area (Å²) in [7, 11) is 0. The quantitative estimate of drug-likeness (QED) is 0.270. The molecule has 0 saturated carbocycles. The summed E-state index contributed by atoms with van der Waals surface area (Å²) in [5.41, 5.74) is 5.49. The van der Waals surface area contributed by atoms with Gasteiger partial charge in [0, 0.05) is 0 Å². The molecule has 0 radical (unpaired) electrons. The van der Waals surface area contributed by atoms with Crippen LogP contribution in [0.3, 0.4) is 0 Å². The van der Waals surface area contributed by atoms with E-state index in [0.29, 0.717) is 0 Å². The van der Waals surface area contributed by atoms with E-state index in [-0.39, 0.29) is 12.3 Å². The predicted octanol–water partition coefficient (Wildman–Crippen LogP) is -1.73. The number of carbonyl (C=O) groups is 4. The van der Waals surface area contributed by atoms with E-state index < -0.39 is 54.4 Å². The highest BCUT2D eigenvalue weighted by molar-refractivity contribution is 5.92. The first-order chi connectivity index (χ1) is 11.0. The van der Waals surface area contributed by atoms with Gasteiger partial charge in [-0.05, 0) is 19.3 Å². The molecule has 0 aromatic rings. The lowest BCUT2D eigenvalue weighted by Crippen LogP contribution is -2.56. The van der Waals surface area contributed by atoms with Crippen molar-refractivity contribution < 1.29 is 34.5 Å². The van der Waals surface area contributed by atoms with Crippen LogP contribution < -0.4 is 16.4 Å². The first-order valence-electron chi connectivity index (χ1n) is 7.44. The predicted molar refractivity (Wildman–Crippen MR) is 82.9 cm³/mol. The maximum atomic E-state index is 12.2. The number of aliphatic hydroxyl groups is 1. The van der Waals surface area contributed by atoms with Crippen LogP contribution in [0.4, 0.5) is 0 Å². The lowest BCUT2D eigenvalue weighted by molar-refractivity contribution is -0.147. The Bertz CT molecular complexity index is 479. The first kappa shape index (κ1) is 21.8. The van der Waals surface area contributed by atoms with E-state index in [9.17, 15) is 24.3 Å². The van der Waals surface area contributed by atoms with E-state index in [1.54, 1.807) is 13.8 Å². The molecule has 0 aromatic heterocycles. The third-order valence-electron chi connectivity index (χ3n) is 3.16. The molecule has 0 bridgehead atoms. The Morgan fingerprint density at radius 1 is 0.958 bits per heavy atom. The van der Waals surface area contributed by atoms with Crippen LogP contribution >= 0.6 is 0 Å². The second-order valence-electron chi connectivity index (χ2n) is 5.95. The maximum absolute atomic E-state index is 12.2. The molecule has 7 N–H and O–H groups in total. The molecule has 0 aliphatic carbocycles. The van der Waals surface area contributed by atoms with Gasteiger partial charge < -0.3 is 31.7 Å². The highest BCUT2D eigenvalue weighted by Gasteiger charge is 2.30. The van der Waals surface area contributed by atoms with Gasteiger partial charge >= 0.3 is 11.9 Å². The molecular weight excluding hydrogens is 322 g/mol. The summed E-state index contributed by atoms with van der Waals surface area (Å²) < 4.78 is 0. The topological polar surface area (TPSA) is 179 Å². The van der Waals surface area contributed by atoms with Gasteiger partial charge in [-0.2, -0.15) is 0 Å². The number of carboxylic acid groups (broad SMARTS) is 2. The normalized spacial score (nSPS) is 15.9. The molecule has 0 spiro atoms. The first-order valence-corrected chi connectivity index (χ1v) is 7.44. The van der Waals surface area contributed by atoms with Crippen LogP contribution in [0.1, 0.15) is 33.6 Å².